The number of hydrogen-bond donors (Lipinski definition) is 1. The van der Waals surface area contributed by atoms with Crippen LogP contribution in [-0.2, 0) is 0 Å². The molecule has 0 heterocycles. The van der Waals surface area contributed by atoms with Crippen molar-refractivity contribution in [3.05, 3.63) is 35.6 Å². The van der Waals surface area contributed by atoms with Gasteiger partial charge >= 0.3 is 0 Å². The molecule has 0 aromatic heterocycles. The number of benzene rings is 1. The SMILES string of the molecule is CCCCCCC(NC)C(=O)c1ccc(F)cc1. The number of likely N-dealkylation sites (N-methyl/N-ethyl adjacent to an activating group) is 1. The van der Waals surface area contributed by atoms with E-state index in [1.54, 1.807) is 19.2 Å². The average molecular weight is 251 g/mol. The first-order valence-electron chi connectivity index (χ1n) is 6.66. The van der Waals surface area contributed by atoms with Crippen molar-refractivity contribution in [3.63, 3.8) is 0 Å². The molecule has 18 heavy (non-hydrogen) atoms. The fourth-order valence-electron chi connectivity index (χ4n) is 2.00. The number of carbonyl (C=O) groups is 1. The van der Waals surface area contributed by atoms with Crippen molar-refractivity contribution in [1.29, 1.82) is 0 Å². The minimum Gasteiger partial charge on any atom is -0.310 e. The molecular formula is C15H22FNO. The van der Waals surface area contributed by atoms with Crippen molar-refractivity contribution in [2.45, 2.75) is 45.1 Å². The minimum absolute atomic E-state index is 0.0500. The molecule has 0 amide bonds. The zero-order chi connectivity index (χ0) is 13.4. The van der Waals surface area contributed by atoms with Gasteiger partial charge in [-0.3, -0.25) is 4.79 Å². The van der Waals surface area contributed by atoms with Crippen molar-refractivity contribution in [2.24, 2.45) is 0 Å². The monoisotopic (exact) mass is 251 g/mol. The Bertz CT molecular complexity index is 361. The smallest absolute Gasteiger partial charge is 0.179 e. The van der Waals surface area contributed by atoms with Gasteiger partial charge in [-0.05, 0) is 37.7 Å². The summed E-state index contributed by atoms with van der Waals surface area (Å²) in [6.07, 6.45) is 5.45. The Hall–Kier alpha value is -1.22. The fourth-order valence-corrected chi connectivity index (χ4v) is 2.00. The van der Waals surface area contributed by atoms with Crippen LogP contribution >= 0.6 is 0 Å². The first-order chi connectivity index (χ1) is 8.69. The number of nitrogens with one attached hydrogen (secondary N) is 1. The quantitative estimate of drug-likeness (QED) is 0.565. The van der Waals surface area contributed by atoms with E-state index >= 15 is 0 Å². The van der Waals surface area contributed by atoms with Crippen molar-refractivity contribution in [1.82, 2.24) is 5.32 Å². The van der Waals surface area contributed by atoms with Crippen LogP contribution in [-0.4, -0.2) is 18.9 Å². The van der Waals surface area contributed by atoms with Gasteiger partial charge in [-0.2, -0.15) is 0 Å². The summed E-state index contributed by atoms with van der Waals surface area (Å²) in [5, 5.41) is 3.05. The molecule has 1 aromatic carbocycles. The van der Waals surface area contributed by atoms with E-state index in [1.165, 1.54) is 25.0 Å². The molecule has 0 aliphatic rings. The van der Waals surface area contributed by atoms with Gasteiger partial charge in [0.15, 0.2) is 5.78 Å². The van der Waals surface area contributed by atoms with E-state index in [0.29, 0.717) is 5.56 Å². The van der Waals surface area contributed by atoms with E-state index in [2.05, 4.69) is 12.2 Å². The van der Waals surface area contributed by atoms with Crippen molar-refractivity contribution in [2.75, 3.05) is 7.05 Å². The predicted octanol–water partition coefficient (Wildman–Crippen LogP) is 3.57. The molecule has 1 atom stereocenters. The Morgan fingerprint density at radius 2 is 1.89 bits per heavy atom. The van der Waals surface area contributed by atoms with Crippen LogP contribution in [0.15, 0.2) is 24.3 Å². The first-order valence-corrected chi connectivity index (χ1v) is 6.66. The molecule has 0 aliphatic carbocycles. The number of ketones is 1. The summed E-state index contributed by atoms with van der Waals surface area (Å²) in [4.78, 5) is 12.2. The molecule has 3 heteroatoms. The Labute approximate surface area is 109 Å². The number of rotatable bonds is 8. The first kappa shape index (κ1) is 14.8. The molecule has 0 saturated heterocycles. The normalized spacial score (nSPS) is 12.4. The highest BCUT2D eigenvalue weighted by Gasteiger charge is 2.17. The summed E-state index contributed by atoms with van der Waals surface area (Å²) in [5.41, 5.74) is 0.575. The number of Topliss-reactive ketones (excluding diaryl/α,β-unsaturated/α-hetero) is 1. The molecular weight excluding hydrogens is 229 g/mol. The van der Waals surface area contributed by atoms with Gasteiger partial charge in [0.2, 0.25) is 0 Å². The zero-order valence-electron chi connectivity index (χ0n) is 11.2. The lowest BCUT2D eigenvalue weighted by Gasteiger charge is -2.14. The maximum atomic E-state index is 12.8. The highest BCUT2D eigenvalue weighted by Crippen LogP contribution is 2.11. The summed E-state index contributed by atoms with van der Waals surface area (Å²) in [5.74, 6) is -0.260. The van der Waals surface area contributed by atoms with Gasteiger partial charge in [-0.1, -0.05) is 32.6 Å². The van der Waals surface area contributed by atoms with Crippen molar-refractivity contribution in [3.8, 4) is 0 Å². The Balaban J connectivity index is 2.53. The third-order valence-corrected chi connectivity index (χ3v) is 3.14. The van der Waals surface area contributed by atoms with Crippen LogP contribution in [0.3, 0.4) is 0 Å². The van der Waals surface area contributed by atoms with Crippen molar-refractivity contribution >= 4 is 5.78 Å². The number of unbranched alkanes of at least 4 members (excludes halogenated alkanes) is 3. The molecule has 1 unspecified atom stereocenters. The van der Waals surface area contributed by atoms with Crippen LogP contribution in [0.5, 0.6) is 0 Å². The van der Waals surface area contributed by atoms with Gasteiger partial charge in [0, 0.05) is 5.56 Å². The Morgan fingerprint density at radius 1 is 1.22 bits per heavy atom. The van der Waals surface area contributed by atoms with Gasteiger partial charge in [0.25, 0.3) is 0 Å². The molecule has 0 saturated carbocycles. The summed E-state index contributed by atoms with van der Waals surface area (Å²) in [6.45, 7) is 2.17. The van der Waals surface area contributed by atoms with E-state index in [9.17, 15) is 9.18 Å². The Kier molecular flexibility index (Phi) is 6.58. The van der Waals surface area contributed by atoms with E-state index in [-0.39, 0.29) is 17.6 Å². The number of halogens is 1. The van der Waals surface area contributed by atoms with Gasteiger partial charge in [-0.15, -0.1) is 0 Å². The molecule has 1 N–H and O–H groups in total. The fraction of sp³-hybridized carbons (Fsp3) is 0.533. The largest absolute Gasteiger partial charge is 0.310 e. The molecule has 1 aromatic rings. The van der Waals surface area contributed by atoms with Crippen LogP contribution < -0.4 is 5.32 Å². The molecule has 0 fully saturated rings. The summed E-state index contributed by atoms with van der Waals surface area (Å²) < 4.78 is 12.8. The predicted molar refractivity (Wildman–Crippen MR) is 72.3 cm³/mol. The molecule has 0 radical (unpaired) electrons. The highest BCUT2D eigenvalue weighted by atomic mass is 19.1. The third kappa shape index (κ3) is 4.57. The van der Waals surface area contributed by atoms with Gasteiger partial charge in [-0.25, -0.2) is 4.39 Å². The molecule has 0 bridgehead atoms. The van der Waals surface area contributed by atoms with Crippen LogP contribution in [0.1, 0.15) is 49.4 Å². The summed E-state index contributed by atoms with van der Waals surface area (Å²) in [7, 11) is 1.80. The minimum atomic E-state index is -0.310. The molecule has 100 valence electrons. The highest BCUT2D eigenvalue weighted by molar-refractivity contribution is 6.00. The summed E-state index contributed by atoms with van der Waals surface area (Å²) in [6, 6.07) is 5.60. The zero-order valence-corrected chi connectivity index (χ0v) is 11.2. The lowest BCUT2D eigenvalue weighted by molar-refractivity contribution is 0.0941. The second-order valence-corrected chi connectivity index (χ2v) is 4.56. The maximum absolute atomic E-state index is 12.8. The van der Waals surface area contributed by atoms with Crippen LogP contribution in [0.2, 0.25) is 0 Å². The van der Waals surface area contributed by atoms with Gasteiger partial charge in [0.05, 0.1) is 6.04 Å². The maximum Gasteiger partial charge on any atom is 0.179 e. The second kappa shape index (κ2) is 7.98. The number of carbonyl (C=O) groups excluding carboxylic acids is 1. The van der Waals surface area contributed by atoms with Crippen molar-refractivity contribution < 1.29 is 9.18 Å². The van der Waals surface area contributed by atoms with Crippen LogP contribution in [0.25, 0.3) is 0 Å². The third-order valence-electron chi connectivity index (χ3n) is 3.14. The van der Waals surface area contributed by atoms with E-state index in [0.717, 1.165) is 19.3 Å². The molecule has 0 spiro atoms. The van der Waals surface area contributed by atoms with Crippen LogP contribution in [0, 0.1) is 5.82 Å². The molecule has 1 rings (SSSR count). The van der Waals surface area contributed by atoms with Crippen LogP contribution in [0.4, 0.5) is 4.39 Å². The van der Waals surface area contributed by atoms with Gasteiger partial charge in [0.1, 0.15) is 5.82 Å². The topological polar surface area (TPSA) is 29.1 Å². The van der Waals surface area contributed by atoms with Gasteiger partial charge < -0.3 is 5.32 Å². The van der Waals surface area contributed by atoms with E-state index in [4.69, 9.17) is 0 Å². The number of hydrogen-bond acceptors (Lipinski definition) is 2. The van der Waals surface area contributed by atoms with E-state index < -0.39 is 0 Å². The Morgan fingerprint density at radius 3 is 2.44 bits per heavy atom. The molecule has 0 aliphatic heterocycles. The lowest BCUT2D eigenvalue weighted by atomic mass is 9.99. The van der Waals surface area contributed by atoms with E-state index in [1.807, 2.05) is 0 Å². The summed E-state index contributed by atoms with van der Waals surface area (Å²) >= 11 is 0. The lowest BCUT2D eigenvalue weighted by Crippen LogP contribution is -2.34. The molecule has 2 nitrogen and oxygen atoms in total. The standard InChI is InChI=1S/C15H22FNO/c1-3-4-5-6-7-14(17-2)15(18)12-8-10-13(16)11-9-12/h8-11,14,17H,3-7H2,1-2H3. The second-order valence-electron chi connectivity index (χ2n) is 4.56. The average Bonchev–Trinajstić information content (AvgIpc) is 2.39.